The van der Waals surface area contributed by atoms with Crippen LogP contribution in [0.5, 0.6) is 0 Å². The first kappa shape index (κ1) is 15.7. The first-order valence-electron chi connectivity index (χ1n) is 7.02. The predicted molar refractivity (Wildman–Crippen MR) is 76.0 cm³/mol. The molecule has 0 saturated heterocycles. The Bertz CT molecular complexity index is 342. The summed E-state index contributed by atoms with van der Waals surface area (Å²) in [5, 5.41) is 8.27. The Morgan fingerprint density at radius 2 is 1.84 bits per heavy atom. The molecule has 0 spiro atoms. The Labute approximate surface area is 115 Å². The number of carboxylic acids is 1. The van der Waals surface area contributed by atoms with E-state index >= 15 is 0 Å². The third kappa shape index (κ3) is 8.38. The molecule has 1 aliphatic rings. The van der Waals surface area contributed by atoms with Gasteiger partial charge in [-0.25, -0.2) is 4.79 Å². The molecule has 0 atom stereocenters. The van der Waals surface area contributed by atoms with Gasteiger partial charge in [-0.3, -0.25) is 0 Å². The van der Waals surface area contributed by atoms with Crippen LogP contribution in [-0.2, 0) is 16.1 Å². The topological polar surface area (TPSA) is 46.5 Å². The molecular weight excluding hydrogens is 240 g/mol. The molecule has 106 valence electrons. The van der Waals surface area contributed by atoms with E-state index in [-0.39, 0.29) is 6.61 Å². The molecule has 0 unspecified atom stereocenters. The van der Waals surface area contributed by atoms with Crippen LogP contribution in [0.3, 0.4) is 0 Å². The Balaban J connectivity index is 0.000000218. The van der Waals surface area contributed by atoms with Gasteiger partial charge in [-0.05, 0) is 11.5 Å². The Morgan fingerprint density at radius 3 is 2.32 bits per heavy atom. The zero-order valence-electron chi connectivity index (χ0n) is 11.7. The molecule has 1 aromatic rings. The lowest BCUT2D eigenvalue weighted by molar-refractivity contribution is -0.142. The number of carboxylic acid groups (broad SMARTS) is 1. The zero-order chi connectivity index (χ0) is 13.9. The second kappa shape index (κ2) is 9.56. The van der Waals surface area contributed by atoms with Crippen LogP contribution in [0, 0.1) is 5.92 Å². The van der Waals surface area contributed by atoms with Crippen LogP contribution in [0.4, 0.5) is 0 Å². The van der Waals surface area contributed by atoms with Crippen LogP contribution in [0.2, 0.25) is 0 Å². The van der Waals surface area contributed by atoms with E-state index in [4.69, 9.17) is 9.84 Å². The maximum Gasteiger partial charge on any atom is 0.329 e. The highest BCUT2D eigenvalue weighted by Crippen LogP contribution is 2.22. The Hall–Kier alpha value is -1.35. The van der Waals surface area contributed by atoms with Gasteiger partial charge in [0.1, 0.15) is 6.61 Å². The summed E-state index contributed by atoms with van der Waals surface area (Å²) in [4.78, 5) is 10.1. The van der Waals surface area contributed by atoms with Crippen molar-refractivity contribution in [2.24, 2.45) is 5.92 Å². The molecule has 3 nitrogen and oxygen atoms in total. The van der Waals surface area contributed by atoms with Crippen LogP contribution >= 0.6 is 0 Å². The molecule has 1 N–H and O–H groups in total. The van der Waals surface area contributed by atoms with Crippen molar-refractivity contribution < 1.29 is 14.6 Å². The van der Waals surface area contributed by atoms with Gasteiger partial charge in [0.25, 0.3) is 0 Å². The molecule has 0 aromatic heterocycles. The quantitative estimate of drug-likeness (QED) is 0.897. The summed E-state index contributed by atoms with van der Waals surface area (Å²) in [6.45, 7) is 2.47. The fourth-order valence-corrected chi connectivity index (χ4v) is 2.14. The Morgan fingerprint density at radius 1 is 1.21 bits per heavy atom. The van der Waals surface area contributed by atoms with Crippen LogP contribution < -0.4 is 0 Å². The number of hydrogen-bond acceptors (Lipinski definition) is 2. The second-order valence-electron chi connectivity index (χ2n) is 5.12. The molecular formula is C16H24O3. The van der Waals surface area contributed by atoms with Gasteiger partial charge in [-0.15, -0.1) is 0 Å². The summed E-state index contributed by atoms with van der Waals surface area (Å²) >= 11 is 0. The molecule has 0 bridgehead atoms. The molecule has 19 heavy (non-hydrogen) atoms. The average Bonchev–Trinajstić information content (AvgIpc) is 2.41. The summed E-state index contributed by atoms with van der Waals surface area (Å²) in [7, 11) is 0. The van der Waals surface area contributed by atoms with Gasteiger partial charge in [-0.1, -0.05) is 69.4 Å². The van der Waals surface area contributed by atoms with E-state index in [2.05, 4.69) is 6.92 Å². The molecule has 0 aliphatic heterocycles. The van der Waals surface area contributed by atoms with E-state index < -0.39 is 5.97 Å². The van der Waals surface area contributed by atoms with E-state index in [0.717, 1.165) is 11.5 Å². The molecule has 1 fully saturated rings. The smallest absolute Gasteiger partial charge is 0.329 e. The van der Waals surface area contributed by atoms with Crippen molar-refractivity contribution >= 4 is 5.97 Å². The van der Waals surface area contributed by atoms with Crippen molar-refractivity contribution in [3.8, 4) is 0 Å². The number of rotatable bonds is 4. The Kier molecular flexibility index (Phi) is 7.91. The minimum atomic E-state index is -0.939. The molecule has 2 rings (SSSR count). The van der Waals surface area contributed by atoms with Gasteiger partial charge in [-0.2, -0.15) is 0 Å². The normalized spacial score (nSPS) is 15.4. The summed E-state index contributed by atoms with van der Waals surface area (Å²) in [6.07, 6.45) is 7.44. The van der Waals surface area contributed by atoms with Gasteiger partial charge < -0.3 is 9.84 Å². The largest absolute Gasteiger partial charge is 0.480 e. The monoisotopic (exact) mass is 264 g/mol. The minimum absolute atomic E-state index is 0.241. The standard InChI is InChI=1S/C9H10O3.C7H14/c10-9(11)7-12-6-8-4-2-1-3-5-8;1-7-5-3-2-4-6-7/h1-5H,6-7H2,(H,10,11);7H,2-6H2,1H3. The lowest BCUT2D eigenvalue weighted by atomic mass is 9.91. The van der Waals surface area contributed by atoms with E-state index in [1.54, 1.807) is 0 Å². The number of aliphatic carboxylic acids is 1. The van der Waals surface area contributed by atoms with E-state index in [9.17, 15) is 4.79 Å². The maximum atomic E-state index is 10.1. The van der Waals surface area contributed by atoms with Crippen LogP contribution in [0.15, 0.2) is 30.3 Å². The lowest BCUT2D eigenvalue weighted by Gasteiger charge is -2.15. The fourth-order valence-electron chi connectivity index (χ4n) is 2.14. The molecule has 0 amide bonds. The van der Waals surface area contributed by atoms with Crippen LogP contribution in [0.25, 0.3) is 0 Å². The highest BCUT2D eigenvalue weighted by molar-refractivity contribution is 5.67. The molecule has 1 aromatic carbocycles. The molecule has 0 radical (unpaired) electrons. The second-order valence-corrected chi connectivity index (χ2v) is 5.12. The SMILES string of the molecule is CC1CCCCC1.O=C(O)COCc1ccccc1. The molecule has 3 heteroatoms. The summed E-state index contributed by atoms with van der Waals surface area (Å²) < 4.78 is 4.88. The van der Waals surface area contributed by atoms with Gasteiger partial charge >= 0.3 is 5.97 Å². The van der Waals surface area contributed by atoms with Crippen molar-refractivity contribution in [1.29, 1.82) is 0 Å². The minimum Gasteiger partial charge on any atom is -0.480 e. The van der Waals surface area contributed by atoms with Crippen molar-refractivity contribution in [2.75, 3.05) is 6.61 Å². The fraction of sp³-hybridized carbons (Fsp3) is 0.562. The highest BCUT2D eigenvalue weighted by Gasteiger charge is 2.05. The van der Waals surface area contributed by atoms with Gasteiger partial charge in [0.05, 0.1) is 6.61 Å². The average molecular weight is 264 g/mol. The molecule has 1 saturated carbocycles. The van der Waals surface area contributed by atoms with Gasteiger partial charge in [0.2, 0.25) is 0 Å². The van der Waals surface area contributed by atoms with Crippen molar-refractivity contribution in [3.05, 3.63) is 35.9 Å². The van der Waals surface area contributed by atoms with Crippen molar-refractivity contribution in [3.63, 3.8) is 0 Å². The third-order valence-corrected chi connectivity index (χ3v) is 3.23. The molecule has 1 aliphatic carbocycles. The first-order valence-corrected chi connectivity index (χ1v) is 7.02. The van der Waals surface area contributed by atoms with Gasteiger partial charge in [0, 0.05) is 0 Å². The zero-order valence-corrected chi connectivity index (χ0v) is 11.7. The maximum absolute atomic E-state index is 10.1. The summed E-state index contributed by atoms with van der Waals surface area (Å²) in [6, 6.07) is 9.46. The van der Waals surface area contributed by atoms with Gasteiger partial charge in [0.15, 0.2) is 0 Å². The number of benzene rings is 1. The van der Waals surface area contributed by atoms with Crippen LogP contribution in [-0.4, -0.2) is 17.7 Å². The van der Waals surface area contributed by atoms with E-state index in [1.165, 1.54) is 32.1 Å². The summed E-state index contributed by atoms with van der Waals surface area (Å²) in [5.74, 6) is 0.0969. The first-order chi connectivity index (χ1) is 9.18. The number of ether oxygens (including phenoxy) is 1. The van der Waals surface area contributed by atoms with Crippen molar-refractivity contribution in [1.82, 2.24) is 0 Å². The molecule has 0 heterocycles. The van der Waals surface area contributed by atoms with E-state index in [1.807, 2.05) is 30.3 Å². The highest BCUT2D eigenvalue weighted by atomic mass is 16.5. The third-order valence-electron chi connectivity index (χ3n) is 3.23. The van der Waals surface area contributed by atoms with Crippen molar-refractivity contribution in [2.45, 2.75) is 45.6 Å². The predicted octanol–water partition coefficient (Wildman–Crippen LogP) is 3.87. The number of carbonyl (C=O) groups is 1. The van der Waals surface area contributed by atoms with E-state index in [0.29, 0.717) is 6.61 Å². The summed E-state index contributed by atoms with van der Waals surface area (Å²) in [5.41, 5.74) is 0.985. The van der Waals surface area contributed by atoms with Crippen LogP contribution in [0.1, 0.15) is 44.6 Å². The lowest BCUT2D eigenvalue weighted by Crippen LogP contribution is -2.06. The number of hydrogen-bond donors (Lipinski definition) is 1.